The van der Waals surface area contributed by atoms with Crippen LogP contribution in [0.1, 0.15) is 13.8 Å². The number of ketones is 2. The molecule has 0 radical (unpaired) electrons. The molecule has 0 unspecified atom stereocenters. The Morgan fingerprint density at radius 1 is 1.41 bits per heavy atom. The van der Waals surface area contributed by atoms with Crippen LogP contribution in [-0.4, -0.2) is 30.7 Å². The summed E-state index contributed by atoms with van der Waals surface area (Å²) in [4.78, 5) is 34.2. The van der Waals surface area contributed by atoms with E-state index in [1.165, 1.54) is 13.8 Å². The summed E-state index contributed by atoms with van der Waals surface area (Å²) < 4.78 is 12.0. The summed E-state index contributed by atoms with van der Waals surface area (Å²) in [5, 5.41) is 4.84. The molecule has 0 aromatic heterocycles. The topological polar surface area (TPSA) is 75.3 Å². The fourth-order valence-corrected chi connectivity index (χ4v) is 1.44. The van der Waals surface area contributed by atoms with E-state index in [0.29, 0.717) is 0 Å². The summed E-state index contributed by atoms with van der Waals surface area (Å²) in [7, 11) is 0. The Morgan fingerprint density at radius 2 is 2.06 bits per heavy atom. The highest BCUT2D eigenvalue weighted by Gasteiger charge is 2.25. The molecule has 0 fully saturated rings. The van der Waals surface area contributed by atoms with Crippen molar-refractivity contribution >= 4 is 17.5 Å². The van der Waals surface area contributed by atoms with E-state index < -0.39 is 24.1 Å². The first-order chi connectivity index (χ1) is 7.97. The van der Waals surface area contributed by atoms with Gasteiger partial charge in [-0.3, -0.25) is 14.4 Å². The van der Waals surface area contributed by atoms with Crippen molar-refractivity contribution < 1.29 is 18.8 Å². The first-order valence-corrected chi connectivity index (χ1v) is 5.06. The summed E-state index contributed by atoms with van der Waals surface area (Å²) in [6.45, 7) is 2.03. The van der Waals surface area contributed by atoms with E-state index in [-0.39, 0.29) is 23.5 Å². The Kier molecular flexibility index (Phi) is 4.14. The average Bonchev–Trinajstić information content (AvgIpc) is 2.25. The van der Waals surface area contributed by atoms with Crippen LogP contribution in [0.25, 0.3) is 0 Å². The van der Waals surface area contributed by atoms with Crippen molar-refractivity contribution in [2.24, 2.45) is 0 Å². The standard InChI is InChI=1S/C11H13FN2O3/c1-6-10(13-4-3-12)9(16)5-8(11(6)17)14-7(2)15/h5,13H,3-4H2,1-2H3,(H,14,15). The Labute approximate surface area is 97.8 Å². The number of rotatable bonds is 4. The quantitative estimate of drug-likeness (QED) is 0.678. The second-order valence-electron chi connectivity index (χ2n) is 3.55. The Morgan fingerprint density at radius 3 is 2.59 bits per heavy atom. The van der Waals surface area contributed by atoms with E-state index in [0.717, 1.165) is 6.08 Å². The maximum absolute atomic E-state index is 12.0. The molecule has 1 aliphatic carbocycles. The van der Waals surface area contributed by atoms with Gasteiger partial charge in [-0.25, -0.2) is 4.39 Å². The highest BCUT2D eigenvalue weighted by atomic mass is 19.1. The van der Waals surface area contributed by atoms with Gasteiger partial charge in [0.05, 0.1) is 11.4 Å². The lowest BCUT2D eigenvalue weighted by molar-refractivity contribution is -0.121. The Hall–Kier alpha value is -1.98. The molecule has 0 spiro atoms. The van der Waals surface area contributed by atoms with Crippen LogP contribution in [0.5, 0.6) is 0 Å². The lowest BCUT2D eigenvalue weighted by atomic mass is 9.98. The number of halogens is 1. The smallest absolute Gasteiger partial charge is 0.221 e. The fraction of sp³-hybridized carbons (Fsp3) is 0.364. The monoisotopic (exact) mass is 240 g/mol. The first-order valence-electron chi connectivity index (χ1n) is 5.06. The van der Waals surface area contributed by atoms with Crippen LogP contribution in [0.15, 0.2) is 23.0 Å². The van der Waals surface area contributed by atoms with Gasteiger partial charge in [-0.1, -0.05) is 0 Å². The van der Waals surface area contributed by atoms with E-state index in [1.54, 1.807) is 0 Å². The molecule has 0 aromatic rings. The molecule has 0 saturated carbocycles. The van der Waals surface area contributed by atoms with Gasteiger partial charge in [0.25, 0.3) is 0 Å². The SMILES string of the molecule is CC(=O)NC1=CC(=O)C(NCCF)=C(C)C1=O. The lowest BCUT2D eigenvalue weighted by Gasteiger charge is -2.17. The molecule has 6 heteroatoms. The number of nitrogens with one attached hydrogen (secondary N) is 2. The summed E-state index contributed by atoms with van der Waals surface area (Å²) in [5.74, 6) is -1.31. The second-order valence-corrected chi connectivity index (χ2v) is 3.55. The van der Waals surface area contributed by atoms with Crippen molar-refractivity contribution in [3.8, 4) is 0 Å². The van der Waals surface area contributed by atoms with Gasteiger partial charge in [-0.2, -0.15) is 0 Å². The minimum Gasteiger partial charge on any atom is -0.379 e. The molecule has 17 heavy (non-hydrogen) atoms. The zero-order chi connectivity index (χ0) is 13.0. The maximum Gasteiger partial charge on any atom is 0.221 e. The number of alkyl halides is 1. The largest absolute Gasteiger partial charge is 0.379 e. The Balaban J connectivity index is 2.93. The molecule has 0 atom stereocenters. The molecule has 2 N–H and O–H groups in total. The highest BCUT2D eigenvalue weighted by molar-refractivity contribution is 6.22. The predicted molar refractivity (Wildman–Crippen MR) is 58.6 cm³/mol. The molecular formula is C11H13FN2O3. The van der Waals surface area contributed by atoms with Crippen molar-refractivity contribution in [3.63, 3.8) is 0 Å². The number of carbonyl (C=O) groups excluding carboxylic acids is 3. The third-order valence-corrected chi connectivity index (χ3v) is 2.19. The number of allylic oxidation sites excluding steroid dienone is 2. The van der Waals surface area contributed by atoms with Gasteiger partial charge in [-0.05, 0) is 6.92 Å². The second kappa shape index (κ2) is 5.38. The molecule has 1 amide bonds. The number of carbonyl (C=O) groups is 3. The lowest BCUT2D eigenvalue weighted by Crippen LogP contribution is -2.34. The van der Waals surface area contributed by atoms with Gasteiger partial charge in [0, 0.05) is 25.1 Å². The van der Waals surface area contributed by atoms with Crippen molar-refractivity contribution in [1.82, 2.24) is 10.6 Å². The maximum atomic E-state index is 12.0. The molecule has 1 rings (SSSR count). The van der Waals surface area contributed by atoms with Crippen molar-refractivity contribution in [2.45, 2.75) is 13.8 Å². The van der Waals surface area contributed by atoms with Crippen LogP contribution in [0.3, 0.4) is 0 Å². The van der Waals surface area contributed by atoms with E-state index in [2.05, 4.69) is 10.6 Å². The Bertz CT molecular complexity index is 438. The van der Waals surface area contributed by atoms with Crippen LogP contribution in [0, 0.1) is 0 Å². The normalized spacial score (nSPS) is 15.8. The molecule has 92 valence electrons. The van der Waals surface area contributed by atoms with Crippen LogP contribution < -0.4 is 10.6 Å². The van der Waals surface area contributed by atoms with Gasteiger partial charge in [-0.15, -0.1) is 0 Å². The van der Waals surface area contributed by atoms with E-state index in [1.807, 2.05) is 0 Å². The number of Topliss-reactive ketones (excluding diaryl/α,β-unsaturated/α-hetero) is 1. The number of hydrogen-bond donors (Lipinski definition) is 2. The third-order valence-electron chi connectivity index (χ3n) is 2.19. The molecule has 0 heterocycles. The number of amides is 1. The summed E-state index contributed by atoms with van der Waals surface area (Å²) in [6.07, 6.45) is 1.04. The van der Waals surface area contributed by atoms with Crippen molar-refractivity contribution in [1.29, 1.82) is 0 Å². The van der Waals surface area contributed by atoms with Gasteiger partial charge in [0.15, 0.2) is 0 Å². The average molecular weight is 240 g/mol. The van der Waals surface area contributed by atoms with E-state index in [9.17, 15) is 18.8 Å². The molecular weight excluding hydrogens is 227 g/mol. The van der Waals surface area contributed by atoms with Gasteiger partial charge >= 0.3 is 0 Å². The zero-order valence-electron chi connectivity index (χ0n) is 9.59. The van der Waals surface area contributed by atoms with Gasteiger partial charge in [0.1, 0.15) is 6.67 Å². The first kappa shape index (κ1) is 13.1. The molecule has 1 aliphatic rings. The van der Waals surface area contributed by atoms with Crippen molar-refractivity contribution in [3.05, 3.63) is 23.0 Å². The highest BCUT2D eigenvalue weighted by Crippen LogP contribution is 2.15. The van der Waals surface area contributed by atoms with Gasteiger partial charge in [0.2, 0.25) is 17.5 Å². The summed E-state index contributed by atoms with van der Waals surface area (Å²) in [5.41, 5.74) is 0.210. The van der Waals surface area contributed by atoms with Crippen LogP contribution in [0.2, 0.25) is 0 Å². The molecule has 0 bridgehead atoms. The molecule has 5 nitrogen and oxygen atoms in total. The van der Waals surface area contributed by atoms with Crippen LogP contribution in [-0.2, 0) is 14.4 Å². The van der Waals surface area contributed by atoms with E-state index in [4.69, 9.17) is 0 Å². The van der Waals surface area contributed by atoms with Crippen LogP contribution >= 0.6 is 0 Å². The zero-order valence-corrected chi connectivity index (χ0v) is 9.59. The molecule has 0 saturated heterocycles. The van der Waals surface area contributed by atoms with E-state index >= 15 is 0 Å². The van der Waals surface area contributed by atoms with Crippen LogP contribution in [0.4, 0.5) is 4.39 Å². The van der Waals surface area contributed by atoms with Crippen molar-refractivity contribution in [2.75, 3.05) is 13.2 Å². The molecule has 0 aliphatic heterocycles. The third kappa shape index (κ3) is 2.99. The summed E-state index contributed by atoms with van der Waals surface area (Å²) in [6, 6.07) is 0. The fourth-order valence-electron chi connectivity index (χ4n) is 1.44. The number of hydrogen-bond acceptors (Lipinski definition) is 4. The minimum atomic E-state index is -0.638. The predicted octanol–water partition coefficient (Wildman–Crippen LogP) is -0.00870. The minimum absolute atomic E-state index is 0.0327. The molecule has 0 aromatic carbocycles. The summed E-state index contributed by atoms with van der Waals surface area (Å²) >= 11 is 0. The van der Waals surface area contributed by atoms with Gasteiger partial charge < -0.3 is 10.6 Å².